The van der Waals surface area contributed by atoms with E-state index in [-0.39, 0.29) is 27.3 Å². The van der Waals surface area contributed by atoms with E-state index in [2.05, 4.69) is 23.8 Å². The van der Waals surface area contributed by atoms with E-state index in [1.807, 2.05) is 31.2 Å². The van der Waals surface area contributed by atoms with Crippen LogP contribution >= 0.6 is 23.2 Å². The minimum Gasteiger partial charge on any atom is -0.492 e. The molecule has 0 saturated carbocycles. The van der Waals surface area contributed by atoms with Crippen molar-refractivity contribution in [3.63, 3.8) is 0 Å². The molecule has 3 N–H and O–H groups in total. The first kappa shape index (κ1) is 27.4. The number of aromatic nitrogens is 3. The van der Waals surface area contributed by atoms with Crippen molar-refractivity contribution in [1.82, 2.24) is 14.5 Å². The van der Waals surface area contributed by atoms with E-state index in [0.717, 1.165) is 34.2 Å². The molecule has 0 aliphatic heterocycles. The number of aryl methyl sites for hydroxylation is 2. The number of hydrogen-bond donors (Lipinski definition) is 2. The van der Waals surface area contributed by atoms with Crippen LogP contribution in [0.1, 0.15) is 36.3 Å². The number of fused-ring (bicyclic) bond motifs is 3. The molecule has 3 heterocycles. The zero-order valence-corrected chi connectivity index (χ0v) is 22.0. The molecular formula is C26H28Cl2N4O4. The van der Waals surface area contributed by atoms with Gasteiger partial charge in [0.25, 0.3) is 5.56 Å². The maximum Gasteiger partial charge on any atom is 0.340 e. The molecule has 36 heavy (non-hydrogen) atoms. The largest absolute Gasteiger partial charge is 0.492 e. The van der Waals surface area contributed by atoms with Crippen LogP contribution in [0.2, 0.25) is 10.2 Å². The number of aromatic carboxylic acids is 1. The molecular weight excluding hydrogens is 503 g/mol. The van der Waals surface area contributed by atoms with Crippen LogP contribution in [0.25, 0.3) is 21.7 Å². The first-order chi connectivity index (χ1) is 17.0. The fourth-order valence-electron chi connectivity index (χ4n) is 3.93. The molecule has 0 radical (unpaired) electrons. The van der Waals surface area contributed by atoms with Gasteiger partial charge in [0.2, 0.25) is 0 Å². The Labute approximate surface area is 218 Å². The molecule has 1 atom stereocenters. The fourth-order valence-corrected chi connectivity index (χ4v) is 4.44. The van der Waals surface area contributed by atoms with E-state index in [0.29, 0.717) is 17.9 Å². The van der Waals surface area contributed by atoms with Gasteiger partial charge >= 0.3 is 5.97 Å². The smallest absolute Gasteiger partial charge is 0.340 e. The zero-order valence-electron chi connectivity index (χ0n) is 20.5. The van der Waals surface area contributed by atoms with Crippen molar-refractivity contribution in [2.45, 2.75) is 33.2 Å². The van der Waals surface area contributed by atoms with E-state index >= 15 is 0 Å². The molecule has 190 valence electrons. The molecule has 0 spiro atoms. The molecule has 0 amide bonds. The Balaban J connectivity index is 0.000000275. The number of benzene rings is 1. The predicted octanol–water partition coefficient (Wildman–Crippen LogP) is 5.23. The van der Waals surface area contributed by atoms with Crippen LogP contribution in [0, 0.1) is 12.8 Å². The molecule has 0 saturated heterocycles. The molecule has 0 unspecified atom stereocenters. The number of carboxylic acid groups (broad SMARTS) is 1. The first-order valence-electron chi connectivity index (χ1n) is 11.3. The van der Waals surface area contributed by atoms with Crippen LogP contribution in [0.15, 0.2) is 47.5 Å². The Morgan fingerprint density at radius 2 is 1.83 bits per heavy atom. The molecule has 0 aliphatic rings. The zero-order chi connectivity index (χ0) is 26.6. The lowest BCUT2D eigenvalue weighted by Crippen LogP contribution is -2.29. The maximum atomic E-state index is 12.7. The Bertz CT molecular complexity index is 1450. The lowest BCUT2D eigenvalue weighted by Gasteiger charge is -2.16. The van der Waals surface area contributed by atoms with Crippen LogP contribution in [0.3, 0.4) is 0 Å². The standard InChI is InChI=1S/C20H25N3O2.C6H3Cl2NO2/c1-12(2)9-14(21)11-25-15-5-6-16-17-7-8-22-13(3)19(17)20(24)23(4)18(16)10-15;7-3-1-2-9-5(8)4(3)6(10)11/h5-8,10,12,14H,9,11,21H2,1-4H3;1-2H,(H,10,11)/t14-;/m0./s1. The quantitative estimate of drug-likeness (QED) is 0.258. The lowest BCUT2D eigenvalue weighted by molar-refractivity contribution is 0.0697. The molecule has 1 aromatic carbocycles. The summed E-state index contributed by atoms with van der Waals surface area (Å²) < 4.78 is 7.51. The number of rotatable bonds is 6. The molecule has 4 rings (SSSR count). The summed E-state index contributed by atoms with van der Waals surface area (Å²) >= 11 is 11.0. The molecule has 0 aliphatic carbocycles. The van der Waals surface area contributed by atoms with Crippen LogP contribution in [-0.2, 0) is 7.05 Å². The van der Waals surface area contributed by atoms with Crippen molar-refractivity contribution in [2.24, 2.45) is 18.7 Å². The van der Waals surface area contributed by atoms with Gasteiger partial charge in [-0.2, -0.15) is 0 Å². The van der Waals surface area contributed by atoms with E-state index in [1.54, 1.807) is 17.8 Å². The molecule has 3 aromatic heterocycles. The third-order valence-corrected chi connectivity index (χ3v) is 6.19. The molecule has 0 bridgehead atoms. The first-order valence-corrected chi connectivity index (χ1v) is 12.1. The van der Waals surface area contributed by atoms with Crippen LogP contribution in [0.5, 0.6) is 5.75 Å². The summed E-state index contributed by atoms with van der Waals surface area (Å²) in [6.45, 7) is 6.62. The van der Waals surface area contributed by atoms with Gasteiger partial charge in [-0.1, -0.05) is 37.0 Å². The highest BCUT2D eigenvalue weighted by molar-refractivity contribution is 6.38. The monoisotopic (exact) mass is 530 g/mol. The minimum atomic E-state index is -1.17. The van der Waals surface area contributed by atoms with Gasteiger partial charge in [0, 0.05) is 36.9 Å². The molecule has 8 nitrogen and oxygen atoms in total. The van der Waals surface area contributed by atoms with E-state index in [1.165, 1.54) is 12.3 Å². The number of carbonyl (C=O) groups is 1. The topological polar surface area (TPSA) is 120 Å². The van der Waals surface area contributed by atoms with Gasteiger partial charge in [-0.25, -0.2) is 9.78 Å². The third kappa shape index (κ3) is 6.13. The van der Waals surface area contributed by atoms with Gasteiger partial charge in [-0.3, -0.25) is 9.78 Å². The molecule has 4 aromatic rings. The number of halogens is 2. The van der Waals surface area contributed by atoms with Gasteiger partial charge in [0.05, 0.1) is 21.6 Å². The van der Waals surface area contributed by atoms with Crippen molar-refractivity contribution >= 4 is 50.8 Å². The van der Waals surface area contributed by atoms with Crippen molar-refractivity contribution in [3.05, 3.63) is 74.5 Å². The SMILES string of the molecule is Cc1nccc2c1c(=O)n(C)c1cc(OC[C@@H](N)CC(C)C)ccc21.O=C(O)c1c(Cl)ccnc1Cl. The van der Waals surface area contributed by atoms with Crippen molar-refractivity contribution in [2.75, 3.05) is 6.61 Å². The average molecular weight is 531 g/mol. The highest BCUT2D eigenvalue weighted by atomic mass is 35.5. The van der Waals surface area contributed by atoms with E-state index < -0.39 is 5.97 Å². The molecule has 10 heteroatoms. The summed E-state index contributed by atoms with van der Waals surface area (Å²) in [5, 5.41) is 11.2. The number of nitrogens with two attached hydrogens (primary N) is 1. The number of carboxylic acids is 1. The summed E-state index contributed by atoms with van der Waals surface area (Å²) in [6.07, 6.45) is 4.01. The summed E-state index contributed by atoms with van der Waals surface area (Å²) in [6, 6.07) is 9.12. The minimum absolute atomic E-state index is 0.00449. The average Bonchev–Trinajstić information content (AvgIpc) is 2.80. The Morgan fingerprint density at radius 3 is 2.44 bits per heavy atom. The van der Waals surface area contributed by atoms with E-state index in [9.17, 15) is 9.59 Å². The fraction of sp³-hybridized carbons (Fsp3) is 0.308. The number of ether oxygens (including phenoxy) is 1. The van der Waals surface area contributed by atoms with Gasteiger partial charge in [-0.15, -0.1) is 0 Å². The van der Waals surface area contributed by atoms with E-state index in [4.69, 9.17) is 38.8 Å². The lowest BCUT2D eigenvalue weighted by atomic mass is 10.1. The predicted molar refractivity (Wildman–Crippen MR) is 143 cm³/mol. The third-order valence-electron chi connectivity index (χ3n) is 5.59. The van der Waals surface area contributed by atoms with Crippen LogP contribution in [0.4, 0.5) is 0 Å². The highest BCUT2D eigenvalue weighted by Crippen LogP contribution is 2.27. The Morgan fingerprint density at radius 1 is 1.14 bits per heavy atom. The van der Waals surface area contributed by atoms with Gasteiger partial charge < -0.3 is 20.1 Å². The molecule has 0 fully saturated rings. The summed E-state index contributed by atoms with van der Waals surface area (Å²) in [4.78, 5) is 31.0. The summed E-state index contributed by atoms with van der Waals surface area (Å²) in [5.74, 6) is 0.0965. The summed E-state index contributed by atoms with van der Waals surface area (Å²) in [7, 11) is 1.78. The van der Waals surface area contributed by atoms with Crippen LogP contribution < -0.4 is 16.0 Å². The Hall–Kier alpha value is -3.20. The highest BCUT2D eigenvalue weighted by Gasteiger charge is 2.14. The second kappa shape index (κ2) is 11.7. The summed E-state index contributed by atoms with van der Waals surface area (Å²) in [5.41, 5.74) is 7.49. The second-order valence-electron chi connectivity index (χ2n) is 8.83. The number of hydrogen-bond acceptors (Lipinski definition) is 6. The van der Waals surface area contributed by atoms with Gasteiger partial charge in [0.15, 0.2) is 0 Å². The van der Waals surface area contributed by atoms with Gasteiger partial charge in [-0.05, 0) is 48.9 Å². The van der Waals surface area contributed by atoms with Crippen molar-refractivity contribution in [1.29, 1.82) is 0 Å². The van der Waals surface area contributed by atoms with Crippen LogP contribution in [-0.4, -0.2) is 38.3 Å². The van der Waals surface area contributed by atoms with Gasteiger partial charge in [0.1, 0.15) is 23.1 Å². The van der Waals surface area contributed by atoms with Crippen molar-refractivity contribution in [3.8, 4) is 5.75 Å². The Kier molecular flexibility index (Phi) is 8.89. The number of pyridine rings is 3. The second-order valence-corrected chi connectivity index (χ2v) is 9.59. The maximum absolute atomic E-state index is 12.7. The van der Waals surface area contributed by atoms with Crippen molar-refractivity contribution < 1.29 is 14.6 Å². The normalized spacial score (nSPS) is 11.9. The number of nitrogens with zero attached hydrogens (tertiary/aromatic N) is 3.